The number of ether oxygens (including phenoxy) is 1. The largest absolute Gasteiger partial charge is 0.510 e. The zero-order valence-corrected chi connectivity index (χ0v) is 44.1. The topological polar surface area (TPSA) is 35.9 Å². The predicted octanol–water partition coefficient (Wildman–Crippen LogP) is 17.2. The summed E-state index contributed by atoms with van der Waals surface area (Å²) in [7, 11) is 0. The van der Waals surface area contributed by atoms with E-state index in [2.05, 4.69) is 253 Å². The van der Waals surface area contributed by atoms with Crippen LogP contribution in [0.2, 0.25) is 0 Å². The van der Waals surface area contributed by atoms with E-state index in [1.165, 1.54) is 61.2 Å². The monoisotopic (exact) mass is 1150 g/mol. The number of fused-ring (bicyclic) bond motifs is 18. The number of benzene rings is 10. The average Bonchev–Trinajstić information content (AvgIpc) is 4.13. The molecule has 0 bridgehead atoms. The minimum atomic E-state index is -0.0395. The summed E-state index contributed by atoms with van der Waals surface area (Å²) in [6.45, 7) is 6.69. The Morgan fingerprint density at radius 2 is 0.934 bits per heavy atom. The molecule has 0 unspecified atom stereocenters. The van der Waals surface area contributed by atoms with Crippen molar-refractivity contribution in [2.24, 2.45) is 0 Å². The van der Waals surface area contributed by atoms with E-state index in [4.69, 9.17) is 9.72 Å². The summed E-state index contributed by atoms with van der Waals surface area (Å²) < 4.78 is 13.3. The molecule has 0 atom stereocenters. The summed E-state index contributed by atoms with van der Waals surface area (Å²) in [5.74, 6) is 2.00. The van der Waals surface area contributed by atoms with Crippen molar-refractivity contribution >= 4 is 32.8 Å². The van der Waals surface area contributed by atoms with Gasteiger partial charge in [0.25, 0.3) is 6.33 Å². The van der Waals surface area contributed by atoms with Crippen LogP contribution < -0.4 is 9.30 Å². The number of hydrogen-bond donors (Lipinski definition) is 0. The van der Waals surface area contributed by atoms with Crippen LogP contribution in [-0.2, 0) is 26.5 Å². The normalized spacial score (nSPS) is 12.0. The van der Waals surface area contributed by atoms with Crippen LogP contribution in [0, 0.1) is 18.5 Å². The zero-order chi connectivity index (χ0) is 49.9. The first-order valence-corrected chi connectivity index (χ1v) is 25.6. The Kier molecular flexibility index (Phi) is 10.6. The van der Waals surface area contributed by atoms with Gasteiger partial charge in [0.1, 0.15) is 5.82 Å². The SMILES string of the molecule is CC(C)(C)c1ccnc(-n2c3[c-]c(Oc4[c-]c(-n5[c-][n+]6c7c(cccc75)-c5ccccc5-c5cc7c(cc5-c5ccccc5-6)-c5ccccc5-c5ccccc5-c5ccccc5-7)ccc4)ccc3c3ccccc32)c1.[Pt]. The van der Waals surface area contributed by atoms with Crippen molar-refractivity contribution in [1.29, 1.82) is 0 Å². The van der Waals surface area contributed by atoms with Crippen LogP contribution in [0.3, 0.4) is 0 Å². The van der Waals surface area contributed by atoms with Gasteiger partial charge in [-0.25, -0.2) is 4.98 Å². The van der Waals surface area contributed by atoms with Gasteiger partial charge in [0.2, 0.25) is 0 Å². The maximum absolute atomic E-state index is 6.74. The molecule has 13 aromatic rings. The Morgan fingerprint density at radius 1 is 0.434 bits per heavy atom. The molecule has 0 amide bonds. The summed E-state index contributed by atoms with van der Waals surface area (Å²) in [5, 5.41) is 2.21. The van der Waals surface area contributed by atoms with Gasteiger partial charge < -0.3 is 13.9 Å². The maximum Gasteiger partial charge on any atom is 0.268 e. The van der Waals surface area contributed by atoms with Crippen LogP contribution in [0.4, 0.5) is 0 Å². The van der Waals surface area contributed by atoms with Crippen LogP contribution in [0.5, 0.6) is 11.5 Å². The second-order valence-corrected chi connectivity index (χ2v) is 20.7. The number of imidazole rings is 1. The van der Waals surface area contributed by atoms with E-state index < -0.39 is 0 Å². The first-order chi connectivity index (χ1) is 36.8. The molecule has 0 spiro atoms. The van der Waals surface area contributed by atoms with Crippen molar-refractivity contribution in [2.75, 3.05) is 0 Å². The Hall–Kier alpha value is -8.89. The smallest absolute Gasteiger partial charge is 0.268 e. The number of rotatable bonds is 4. The van der Waals surface area contributed by atoms with Crippen molar-refractivity contribution in [1.82, 2.24) is 14.1 Å². The fraction of sp³-hybridized carbons (Fsp3) is 0.0571. The molecule has 76 heavy (non-hydrogen) atoms. The van der Waals surface area contributed by atoms with Gasteiger partial charge in [-0.2, -0.15) is 18.2 Å². The standard InChI is InChI=1S/C70H46N4O.Pt/c1-70(2,3)44-36-37-71-68(38-44)74-65-32-15-13-28-56(65)58-35-34-47(40-67(58)74)75-46-19-16-18-45(39-46)72-43-73-64-31-14-12-29-57(64)63-42-61-54-26-10-7-23-51(54)49-21-5-4-20-48(49)50-22-6-9-25-53(50)60(61)41-62(63)55-27-11-8-24-52(55)59-30-17-33-66(72)69(59)73;/h4-38,41-42H,1-3H3;/q-2;. The number of pyridine rings is 1. The molecule has 2 aliphatic rings. The second-order valence-electron chi connectivity index (χ2n) is 20.7. The van der Waals surface area contributed by atoms with E-state index in [9.17, 15) is 0 Å². The Labute approximate surface area is 455 Å². The van der Waals surface area contributed by atoms with Gasteiger partial charge in [0, 0.05) is 44.3 Å². The molecule has 1 aliphatic carbocycles. The summed E-state index contributed by atoms with van der Waals surface area (Å²) in [4.78, 5) is 4.89. The van der Waals surface area contributed by atoms with Crippen molar-refractivity contribution in [3.63, 3.8) is 0 Å². The summed E-state index contributed by atoms with van der Waals surface area (Å²) in [6, 6.07) is 86.1. The molecule has 0 radical (unpaired) electrons. The van der Waals surface area contributed by atoms with Gasteiger partial charge in [-0.1, -0.05) is 178 Å². The van der Waals surface area contributed by atoms with Crippen molar-refractivity contribution in [3.8, 4) is 107 Å². The molecule has 15 rings (SSSR count). The first-order valence-electron chi connectivity index (χ1n) is 25.6. The third-order valence-electron chi connectivity index (χ3n) is 15.3. The molecule has 0 saturated heterocycles. The van der Waals surface area contributed by atoms with E-state index in [0.717, 1.165) is 72.3 Å². The fourth-order valence-electron chi connectivity index (χ4n) is 11.8. The number of aromatic nitrogens is 4. The first kappa shape index (κ1) is 45.7. The molecule has 4 heterocycles. The van der Waals surface area contributed by atoms with Crippen LogP contribution >= 0.6 is 0 Å². The third-order valence-corrected chi connectivity index (χ3v) is 15.3. The number of nitrogens with zero attached hydrogens (tertiary/aromatic N) is 4. The average molecular weight is 1150 g/mol. The van der Waals surface area contributed by atoms with Gasteiger partial charge in [-0.05, 0) is 136 Å². The van der Waals surface area contributed by atoms with Gasteiger partial charge in [-0.3, -0.25) is 4.57 Å². The van der Waals surface area contributed by atoms with Crippen LogP contribution in [0.1, 0.15) is 26.3 Å². The fourth-order valence-corrected chi connectivity index (χ4v) is 11.8. The minimum absolute atomic E-state index is 0. The Balaban J connectivity index is 0.00000528. The zero-order valence-electron chi connectivity index (χ0n) is 41.9. The van der Waals surface area contributed by atoms with Gasteiger partial charge in [-0.15, -0.1) is 29.7 Å². The molecular weight excluding hydrogens is 1110 g/mol. The quantitative estimate of drug-likeness (QED) is 0.130. The molecule has 0 fully saturated rings. The van der Waals surface area contributed by atoms with Crippen LogP contribution in [0.25, 0.3) is 128 Å². The van der Waals surface area contributed by atoms with Crippen molar-refractivity contribution < 1.29 is 30.4 Å². The number of para-hydroxylation sites is 3. The molecule has 0 saturated carbocycles. The minimum Gasteiger partial charge on any atom is -0.510 e. The maximum atomic E-state index is 6.74. The van der Waals surface area contributed by atoms with Gasteiger partial charge >= 0.3 is 0 Å². The van der Waals surface area contributed by atoms with Crippen LogP contribution in [0.15, 0.2) is 225 Å². The summed E-state index contributed by atoms with van der Waals surface area (Å²) in [5.41, 5.74) is 23.6. The van der Waals surface area contributed by atoms with E-state index in [0.29, 0.717) is 11.5 Å². The van der Waals surface area contributed by atoms with E-state index >= 15 is 0 Å². The molecular formula is C70H46N4OPt-2. The van der Waals surface area contributed by atoms with Crippen molar-refractivity contribution in [3.05, 3.63) is 249 Å². The molecule has 364 valence electrons. The van der Waals surface area contributed by atoms with Crippen LogP contribution in [-0.4, -0.2) is 14.1 Å². The summed E-state index contributed by atoms with van der Waals surface area (Å²) >= 11 is 0. The third kappa shape index (κ3) is 7.10. The number of hydrogen-bond acceptors (Lipinski definition) is 2. The molecule has 10 aromatic carbocycles. The van der Waals surface area contributed by atoms with E-state index in [-0.39, 0.29) is 26.5 Å². The summed E-state index contributed by atoms with van der Waals surface area (Å²) in [6.07, 6.45) is 5.78. The second kappa shape index (κ2) is 17.6. The van der Waals surface area contributed by atoms with E-state index in [1.807, 2.05) is 24.4 Å². The van der Waals surface area contributed by atoms with Gasteiger partial charge in [0.05, 0.1) is 16.7 Å². The molecule has 3 aromatic heterocycles. The van der Waals surface area contributed by atoms with Gasteiger partial charge in [0.15, 0.2) is 0 Å². The molecule has 1 aliphatic heterocycles. The Morgan fingerprint density at radius 3 is 1.57 bits per heavy atom. The molecule has 6 heteroatoms. The molecule has 0 N–H and O–H groups in total. The van der Waals surface area contributed by atoms with Crippen molar-refractivity contribution in [2.45, 2.75) is 26.2 Å². The molecule has 5 nitrogen and oxygen atoms in total. The predicted molar refractivity (Wildman–Crippen MR) is 304 cm³/mol. The Bertz CT molecular complexity index is 4510. The van der Waals surface area contributed by atoms with E-state index in [1.54, 1.807) is 0 Å².